The van der Waals surface area contributed by atoms with Crippen LogP contribution >= 0.6 is 0 Å². The van der Waals surface area contributed by atoms with Crippen LogP contribution < -0.4 is 0 Å². The average Bonchev–Trinajstić information content (AvgIpc) is 2.43. The first-order chi connectivity index (χ1) is 10.6. The number of nitriles is 2. The maximum atomic E-state index is 13.6. The van der Waals surface area contributed by atoms with Crippen LogP contribution in [0.2, 0.25) is 0 Å². The van der Waals surface area contributed by atoms with E-state index in [1.807, 2.05) is 0 Å². The fourth-order valence-electron chi connectivity index (χ4n) is 1.81. The van der Waals surface area contributed by atoms with E-state index in [9.17, 15) is 43.9 Å². The summed E-state index contributed by atoms with van der Waals surface area (Å²) in [7, 11) is 0. The lowest BCUT2D eigenvalue weighted by atomic mass is 9.72. The van der Waals surface area contributed by atoms with Gasteiger partial charge in [-0.15, -0.1) is 0 Å². The van der Waals surface area contributed by atoms with Gasteiger partial charge in [-0.05, 0) is 5.92 Å². The van der Waals surface area contributed by atoms with Gasteiger partial charge in [0, 0.05) is 6.42 Å². The molecule has 0 radical (unpaired) electrons. The topological polar surface area (TPSA) is 47.6 Å². The summed E-state index contributed by atoms with van der Waals surface area (Å²) in [6, 6.07) is 1.68. The summed E-state index contributed by atoms with van der Waals surface area (Å²) in [4.78, 5) is 0. The van der Waals surface area contributed by atoms with E-state index < -0.39 is 54.8 Å². The highest BCUT2D eigenvalue weighted by Gasteiger charge is 2.76. The number of nitrogens with zero attached hydrogens (tertiary/aromatic N) is 2. The fourth-order valence-corrected chi connectivity index (χ4v) is 1.81. The molecule has 0 aliphatic heterocycles. The summed E-state index contributed by atoms with van der Waals surface area (Å²) >= 11 is 0. The minimum absolute atomic E-state index is 0.679. The molecule has 1 atom stereocenters. The maximum absolute atomic E-state index is 13.6. The predicted octanol–water partition coefficient (Wildman–Crippen LogP) is 4.87. The van der Waals surface area contributed by atoms with Crippen molar-refractivity contribution >= 4 is 0 Å². The molecule has 0 rings (SSSR count). The van der Waals surface area contributed by atoms with Crippen LogP contribution in [-0.4, -0.2) is 30.6 Å². The van der Waals surface area contributed by atoms with E-state index in [4.69, 9.17) is 10.5 Å². The Bertz CT molecular complexity index is 503. The van der Waals surface area contributed by atoms with Gasteiger partial charge in [0.15, 0.2) is 5.41 Å². The molecule has 0 aromatic rings. The van der Waals surface area contributed by atoms with E-state index >= 15 is 0 Å². The van der Waals surface area contributed by atoms with E-state index in [0.29, 0.717) is 6.92 Å². The molecule has 0 bridgehead atoms. The van der Waals surface area contributed by atoms with Gasteiger partial charge >= 0.3 is 24.2 Å². The summed E-state index contributed by atoms with van der Waals surface area (Å²) in [5.41, 5.74) is -3.21. The number of halogens is 10. The Morgan fingerprint density at radius 1 is 0.875 bits per heavy atom. The zero-order valence-corrected chi connectivity index (χ0v) is 11.8. The molecule has 0 aromatic heterocycles. The van der Waals surface area contributed by atoms with Crippen molar-refractivity contribution in [3.05, 3.63) is 0 Å². The molecule has 0 saturated heterocycles. The number of hydrogen-bond acceptors (Lipinski definition) is 2. The minimum Gasteiger partial charge on any atom is -0.211 e. The second-order valence-electron chi connectivity index (χ2n) is 5.10. The third-order valence-electron chi connectivity index (χ3n) is 3.42. The molecule has 1 unspecified atom stereocenters. The lowest BCUT2D eigenvalue weighted by molar-refractivity contribution is -0.342. The summed E-state index contributed by atoms with van der Waals surface area (Å²) in [6.45, 7) is 0.679. The van der Waals surface area contributed by atoms with E-state index in [1.165, 1.54) is 0 Å². The van der Waals surface area contributed by atoms with Gasteiger partial charge < -0.3 is 0 Å². The third kappa shape index (κ3) is 3.84. The molecule has 12 heteroatoms. The molecule has 2 nitrogen and oxygen atoms in total. The summed E-state index contributed by atoms with van der Waals surface area (Å²) in [5, 5.41) is 17.5. The first-order valence-electron chi connectivity index (χ1n) is 6.13. The molecular formula is C12H10F10N2. The number of alkyl halides is 10. The van der Waals surface area contributed by atoms with Crippen molar-refractivity contribution < 1.29 is 43.9 Å². The Morgan fingerprint density at radius 3 is 1.58 bits per heavy atom. The fraction of sp³-hybridized carbons (Fsp3) is 0.833. The van der Waals surface area contributed by atoms with E-state index in [0.717, 1.165) is 12.1 Å². The highest BCUT2D eigenvalue weighted by atomic mass is 19.4. The minimum atomic E-state index is -6.61. The van der Waals surface area contributed by atoms with Crippen molar-refractivity contribution in [2.45, 2.75) is 50.4 Å². The Hall–Kier alpha value is -1.72. The lowest BCUT2D eigenvalue weighted by Gasteiger charge is -2.36. The van der Waals surface area contributed by atoms with Crippen molar-refractivity contribution in [3.63, 3.8) is 0 Å². The van der Waals surface area contributed by atoms with Crippen LogP contribution in [0.3, 0.4) is 0 Å². The highest BCUT2D eigenvalue weighted by molar-refractivity contribution is 5.19. The van der Waals surface area contributed by atoms with Crippen LogP contribution in [0.25, 0.3) is 0 Å². The zero-order chi connectivity index (χ0) is 19.6. The van der Waals surface area contributed by atoms with Crippen molar-refractivity contribution in [3.8, 4) is 12.1 Å². The first-order valence-corrected chi connectivity index (χ1v) is 6.13. The summed E-state index contributed by atoms with van der Waals surface area (Å²) in [6.07, 6.45) is -12.3. The Morgan fingerprint density at radius 2 is 1.29 bits per heavy atom. The van der Waals surface area contributed by atoms with Crippen LogP contribution in [0.4, 0.5) is 43.9 Å². The SMILES string of the molecule is CC(CC(F)F)C(C#N)(C#N)CC(F)(F)C(F)(F)C(F)(F)C(F)F. The van der Waals surface area contributed by atoms with E-state index in [-0.39, 0.29) is 0 Å². The second-order valence-corrected chi connectivity index (χ2v) is 5.10. The molecule has 0 heterocycles. The van der Waals surface area contributed by atoms with Crippen LogP contribution in [0, 0.1) is 34.0 Å². The van der Waals surface area contributed by atoms with Gasteiger partial charge in [-0.1, -0.05) is 6.92 Å². The van der Waals surface area contributed by atoms with Gasteiger partial charge in [-0.3, -0.25) is 0 Å². The molecule has 0 spiro atoms. The monoisotopic (exact) mass is 372 g/mol. The van der Waals surface area contributed by atoms with Gasteiger partial charge in [0.05, 0.1) is 18.6 Å². The van der Waals surface area contributed by atoms with Crippen molar-refractivity contribution in [2.75, 3.05) is 0 Å². The van der Waals surface area contributed by atoms with Crippen LogP contribution in [0.5, 0.6) is 0 Å². The van der Waals surface area contributed by atoms with Crippen molar-refractivity contribution in [1.82, 2.24) is 0 Å². The predicted molar refractivity (Wildman–Crippen MR) is 58.9 cm³/mol. The zero-order valence-electron chi connectivity index (χ0n) is 11.8. The van der Waals surface area contributed by atoms with Gasteiger partial charge in [-0.2, -0.15) is 36.9 Å². The molecule has 0 aromatic carbocycles. The molecule has 0 amide bonds. The molecule has 0 fully saturated rings. The second kappa shape index (κ2) is 7.03. The largest absolute Gasteiger partial charge is 0.377 e. The standard InChI is InChI=1S/C12H10F10N2/c1-6(2-7(13)14)9(4-23,5-24)3-10(17,18)12(21,22)11(19,20)8(15)16/h6-8H,2-3H2,1H3. The molecule has 0 aliphatic rings. The van der Waals surface area contributed by atoms with Gasteiger partial charge in [0.25, 0.3) is 0 Å². The van der Waals surface area contributed by atoms with Gasteiger partial charge in [0.1, 0.15) is 0 Å². The third-order valence-corrected chi connectivity index (χ3v) is 3.42. The first kappa shape index (κ1) is 22.3. The molecule has 24 heavy (non-hydrogen) atoms. The Kier molecular flexibility index (Phi) is 6.53. The van der Waals surface area contributed by atoms with Crippen LogP contribution in [-0.2, 0) is 0 Å². The average molecular weight is 372 g/mol. The van der Waals surface area contributed by atoms with Crippen molar-refractivity contribution in [1.29, 1.82) is 10.5 Å². The van der Waals surface area contributed by atoms with Crippen LogP contribution in [0.1, 0.15) is 19.8 Å². The van der Waals surface area contributed by atoms with Gasteiger partial charge in [0.2, 0.25) is 6.43 Å². The van der Waals surface area contributed by atoms with Crippen molar-refractivity contribution in [2.24, 2.45) is 11.3 Å². The quantitative estimate of drug-likeness (QED) is 0.571. The van der Waals surface area contributed by atoms with Gasteiger partial charge in [-0.25, -0.2) is 17.6 Å². The maximum Gasteiger partial charge on any atom is 0.377 e. The lowest BCUT2D eigenvalue weighted by Crippen LogP contribution is -2.59. The van der Waals surface area contributed by atoms with E-state index in [1.54, 1.807) is 0 Å². The molecule has 0 N–H and O–H groups in total. The smallest absolute Gasteiger partial charge is 0.211 e. The number of hydrogen-bond donors (Lipinski definition) is 0. The summed E-state index contributed by atoms with van der Waals surface area (Å²) < 4.78 is 128. The molecular weight excluding hydrogens is 362 g/mol. The van der Waals surface area contributed by atoms with Crippen LogP contribution in [0.15, 0.2) is 0 Å². The Balaban J connectivity index is 5.88. The highest BCUT2D eigenvalue weighted by Crippen LogP contribution is 2.53. The Labute approximate surface area is 129 Å². The number of rotatable bonds is 8. The van der Waals surface area contributed by atoms with E-state index in [2.05, 4.69) is 0 Å². The molecule has 0 saturated carbocycles. The normalized spacial score (nSPS) is 15.3. The molecule has 0 aliphatic carbocycles. The molecule has 138 valence electrons. The summed E-state index contributed by atoms with van der Waals surface area (Å²) in [5.74, 6) is -20.9.